The van der Waals surface area contributed by atoms with Gasteiger partial charge in [-0.05, 0) is 50.3 Å². The number of carbonyl (C=O) groups excluding carboxylic acids is 1. The SMILES string of the molecule is CCC(=O)Nc1ccc(S(=O)(=O)NCC(Cc2ccccc2)N(C)C)cc1. The molecule has 1 amide bonds. The van der Waals surface area contributed by atoms with Crippen LogP contribution in [0.2, 0.25) is 0 Å². The van der Waals surface area contributed by atoms with Crippen LogP contribution in [0.15, 0.2) is 59.5 Å². The van der Waals surface area contributed by atoms with Crippen LogP contribution in [-0.4, -0.2) is 45.9 Å². The fourth-order valence-corrected chi connectivity index (χ4v) is 3.65. The summed E-state index contributed by atoms with van der Waals surface area (Å²) in [5, 5.41) is 2.70. The molecule has 0 saturated heterocycles. The minimum atomic E-state index is -3.62. The minimum absolute atomic E-state index is 0.0327. The normalized spacial score (nSPS) is 12.7. The van der Waals surface area contributed by atoms with Gasteiger partial charge in [0, 0.05) is 24.7 Å². The van der Waals surface area contributed by atoms with Gasteiger partial charge < -0.3 is 10.2 Å². The molecule has 2 rings (SSSR count). The number of nitrogens with one attached hydrogen (secondary N) is 2. The Morgan fingerprint density at radius 1 is 1.04 bits per heavy atom. The molecule has 0 heterocycles. The number of hydrogen-bond acceptors (Lipinski definition) is 4. The molecule has 7 heteroatoms. The van der Waals surface area contributed by atoms with Gasteiger partial charge in [0.25, 0.3) is 0 Å². The number of likely N-dealkylation sites (N-methyl/N-ethyl adjacent to an activating group) is 1. The number of carbonyl (C=O) groups is 1. The summed E-state index contributed by atoms with van der Waals surface area (Å²) >= 11 is 0. The van der Waals surface area contributed by atoms with Crippen molar-refractivity contribution in [3.8, 4) is 0 Å². The van der Waals surface area contributed by atoms with E-state index >= 15 is 0 Å². The predicted molar refractivity (Wildman–Crippen MR) is 108 cm³/mol. The van der Waals surface area contributed by atoms with Gasteiger partial charge >= 0.3 is 0 Å². The number of sulfonamides is 1. The largest absolute Gasteiger partial charge is 0.326 e. The van der Waals surface area contributed by atoms with Gasteiger partial charge in [-0.15, -0.1) is 0 Å². The fraction of sp³-hybridized carbons (Fsp3) is 0.350. The van der Waals surface area contributed by atoms with Crippen molar-refractivity contribution in [2.45, 2.75) is 30.7 Å². The summed E-state index contributed by atoms with van der Waals surface area (Å²) in [6.07, 6.45) is 1.12. The molecule has 0 aliphatic rings. The van der Waals surface area contributed by atoms with Crippen LogP contribution in [0.4, 0.5) is 5.69 Å². The van der Waals surface area contributed by atoms with Crippen LogP contribution in [-0.2, 0) is 21.2 Å². The van der Waals surface area contributed by atoms with E-state index in [0.717, 1.165) is 12.0 Å². The summed E-state index contributed by atoms with van der Waals surface area (Å²) in [7, 11) is 0.254. The van der Waals surface area contributed by atoms with Crippen molar-refractivity contribution in [1.82, 2.24) is 9.62 Å². The number of anilines is 1. The van der Waals surface area contributed by atoms with Gasteiger partial charge in [-0.3, -0.25) is 4.79 Å². The average molecular weight is 390 g/mol. The van der Waals surface area contributed by atoms with Crippen LogP contribution in [0.3, 0.4) is 0 Å². The summed E-state index contributed by atoms with van der Waals surface area (Å²) < 4.78 is 27.9. The van der Waals surface area contributed by atoms with Crippen LogP contribution in [0.5, 0.6) is 0 Å². The first-order valence-electron chi connectivity index (χ1n) is 8.91. The summed E-state index contributed by atoms with van der Waals surface area (Å²) in [6, 6.07) is 16.2. The quantitative estimate of drug-likeness (QED) is 0.691. The van der Waals surface area contributed by atoms with Gasteiger partial charge in [0.05, 0.1) is 4.90 Å². The molecule has 0 saturated carbocycles. The Morgan fingerprint density at radius 2 is 1.67 bits per heavy atom. The zero-order chi connectivity index (χ0) is 19.9. The van der Waals surface area contributed by atoms with Crippen molar-refractivity contribution in [3.63, 3.8) is 0 Å². The maximum absolute atomic E-state index is 12.6. The zero-order valence-electron chi connectivity index (χ0n) is 16.0. The van der Waals surface area contributed by atoms with Gasteiger partial charge in [-0.2, -0.15) is 0 Å². The molecule has 0 spiro atoms. The van der Waals surface area contributed by atoms with Gasteiger partial charge in [0.2, 0.25) is 15.9 Å². The van der Waals surface area contributed by atoms with Crippen molar-refractivity contribution in [1.29, 1.82) is 0 Å². The van der Waals surface area contributed by atoms with Crippen molar-refractivity contribution in [3.05, 3.63) is 60.2 Å². The molecule has 0 bridgehead atoms. The van der Waals surface area contributed by atoms with Crippen LogP contribution in [0.1, 0.15) is 18.9 Å². The first-order valence-corrected chi connectivity index (χ1v) is 10.4. The van der Waals surface area contributed by atoms with Crippen LogP contribution < -0.4 is 10.0 Å². The summed E-state index contributed by atoms with van der Waals surface area (Å²) in [5.74, 6) is -0.113. The monoisotopic (exact) mass is 389 g/mol. The van der Waals surface area contributed by atoms with E-state index in [4.69, 9.17) is 0 Å². The highest BCUT2D eigenvalue weighted by atomic mass is 32.2. The predicted octanol–water partition coefficient (Wildman–Crippen LogP) is 2.49. The Morgan fingerprint density at radius 3 is 2.22 bits per heavy atom. The van der Waals surface area contributed by atoms with Crippen molar-refractivity contribution >= 4 is 21.6 Å². The van der Waals surface area contributed by atoms with Crippen molar-refractivity contribution < 1.29 is 13.2 Å². The maximum atomic E-state index is 12.6. The Hall–Kier alpha value is -2.22. The Balaban J connectivity index is 2.02. The highest BCUT2D eigenvalue weighted by Gasteiger charge is 2.19. The molecule has 6 nitrogen and oxygen atoms in total. The zero-order valence-corrected chi connectivity index (χ0v) is 16.8. The molecule has 0 aromatic heterocycles. The molecular weight excluding hydrogens is 362 g/mol. The van der Waals surface area contributed by atoms with Crippen molar-refractivity contribution in [2.24, 2.45) is 0 Å². The third kappa shape index (κ3) is 6.46. The Kier molecular flexibility index (Phi) is 7.53. The van der Waals surface area contributed by atoms with Gasteiger partial charge in [-0.1, -0.05) is 37.3 Å². The number of hydrogen-bond donors (Lipinski definition) is 2. The second-order valence-electron chi connectivity index (χ2n) is 6.59. The lowest BCUT2D eigenvalue weighted by Gasteiger charge is -2.24. The second-order valence-corrected chi connectivity index (χ2v) is 8.35. The number of benzene rings is 2. The lowest BCUT2D eigenvalue weighted by molar-refractivity contribution is -0.115. The van der Waals surface area contributed by atoms with E-state index in [2.05, 4.69) is 10.0 Å². The topological polar surface area (TPSA) is 78.5 Å². The lowest BCUT2D eigenvalue weighted by Crippen LogP contribution is -2.41. The van der Waals surface area contributed by atoms with Crippen LogP contribution in [0.25, 0.3) is 0 Å². The first-order chi connectivity index (χ1) is 12.8. The van der Waals surface area contributed by atoms with Crippen LogP contribution >= 0.6 is 0 Å². The number of nitrogens with zero attached hydrogens (tertiary/aromatic N) is 1. The molecule has 2 aromatic rings. The lowest BCUT2D eigenvalue weighted by atomic mass is 10.1. The minimum Gasteiger partial charge on any atom is -0.326 e. The van der Waals surface area contributed by atoms with E-state index in [1.54, 1.807) is 19.1 Å². The maximum Gasteiger partial charge on any atom is 0.240 e. The number of rotatable bonds is 9. The highest BCUT2D eigenvalue weighted by molar-refractivity contribution is 7.89. The summed E-state index contributed by atoms with van der Waals surface area (Å²) in [6.45, 7) is 2.06. The van der Waals surface area contributed by atoms with E-state index in [-0.39, 0.29) is 16.8 Å². The highest BCUT2D eigenvalue weighted by Crippen LogP contribution is 2.15. The van der Waals surface area contributed by atoms with E-state index in [9.17, 15) is 13.2 Å². The molecule has 146 valence electrons. The first kappa shape index (κ1) is 21.1. The molecular formula is C20H27N3O3S. The third-order valence-corrected chi connectivity index (χ3v) is 5.76. The second kappa shape index (κ2) is 9.64. The smallest absolute Gasteiger partial charge is 0.240 e. The molecule has 27 heavy (non-hydrogen) atoms. The average Bonchev–Trinajstić information content (AvgIpc) is 2.66. The Bertz CT molecular complexity index is 835. The summed E-state index contributed by atoms with van der Waals surface area (Å²) in [5.41, 5.74) is 1.74. The molecule has 2 N–H and O–H groups in total. The van der Waals surface area contributed by atoms with E-state index in [0.29, 0.717) is 18.7 Å². The van der Waals surface area contributed by atoms with Crippen molar-refractivity contribution in [2.75, 3.05) is 26.0 Å². The molecule has 1 atom stereocenters. The fourth-order valence-electron chi connectivity index (χ4n) is 2.58. The van der Waals surface area contributed by atoms with Gasteiger partial charge in [0.1, 0.15) is 0 Å². The van der Waals surface area contributed by atoms with Gasteiger partial charge in [0.15, 0.2) is 0 Å². The number of amides is 1. The van der Waals surface area contributed by atoms with Gasteiger partial charge in [-0.25, -0.2) is 13.1 Å². The molecule has 0 radical (unpaired) electrons. The van der Waals surface area contributed by atoms with Crippen LogP contribution in [0, 0.1) is 0 Å². The molecule has 1 unspecified atom stereocenters. The van der Waals surface area contributed by atoms with E-state index < -0.39 is 10.0 Å². The Labute approximate surface area is 161 Å². The molecule has 0 aliphatic carbocycles. The molecule has 0 aliphatic heterocycles. The molecule has 2 aromatic carbocycles. The third-order valence-electron chi connectivity index (χ3n) is 4.32. The summed E-state index contributed by atoms with van der Waals surface area (Å²) in [4.78, 5) is 13.6. The molecule has 0 fully saturated rings. The standard InChI is InChI=1S/C20H27N3O3S/c1-4-20(24)22-17-10-12-19(13-11-17)27(25,26)21-15-18(23(2)3)14-16-8-6-5-7-9-16/h5-13,18,21H,4,14-15H2,1-3H3,(H,22,24). The van der Waals surface area contributed by atoms with E-state index in [1.165, 1.54) is 12.1 Å². The van der Waals surface area contributed by atoms with E-state index in [1.807, 2.05) is 49.3 Å².